The van der Waals surface area contributed by atoms with Crippen molar-refractivity contribution in [2.24, 2.45) is 5.92 Å². The highest BCUT2D eigenvalue weighted by atomic mass is 16.2. The number of piperidine rings is 1. The predicted octanol–water partition coefficient (Wildman–Crippen LogP) is 2.56. The molecule has 0 unspecified atom stereocenters. The summed E-state index contributed by atoms with van der Waals surface area (Å²) >= 11 is 0. The SMILES string of the molecule is Cc1[nH]cnc1CN1CCC[C@@H](CCNC(=O)NC2CCCC2)C1. The number of imidazole rings is 1. The van der Waals surface area contributed by atoms with Gasteiger partial charge in [-0.15, -0.1) is 0 Å². The van der Waals surface area contributed by atoms with Crippen molar-refractivity contribution in [3.8, 4) is 0 Å². The molecule has 6 nitrogen and oxygen atoms in total. The molecule has 1 saturated heterocycles. The lowest BCUT2D eigenvalue weighted by atomic mass is 9.94. The van der Waals surface area contributed by atoms with E-state index < -0.39 is 0 Å². The summed E-state index contributed by atoms with van der Waals surface area (Å²) in [6, 6.07) is 0.411. The van der Waals surface area contributed by atoms with Gasteiger partial charge in [0.05, 0.1) is 12.0 Å². The van der Waals surface area contributed by atoms with Gasteiger partial charge < -0.3 is 15.6 Å². The maximum absolute atomic E-state index is 11.9. The van der Waals surface area contributed by atoms with Gasteiger partial charge in [0.1, 0.15) is 0 Å². The summed E-state index contributed by atoms with van der Waals surface area (Å²) in [5.41, 5.74) is 2.33. The van der Waals surface area contributed by atoms with Gasteiger partial charge in [-0.05, 0) is 51.5 Å². The van der Waals surface area contributed by atoms with Crippen LogP contribution in [-0.2, 0) is 6.54 Å². The number of rotatable bonds is 6. The van der Waals surface area contributed by atoms with Crippen LogP contribution < -0.4 is 10.6 Å². The monoisotopic (exact) mass is 333 g/mol. The topological polar surface area (TPSA) is 73.0 Å². The van der Waals surface area contributed by atoms with Gasteiger partial charge in [-0.25, -0.2) is 9.78 Å². The number of aromatic amines is 1. The molecule has 1 aliphatic heterocycles. The minimum atomic E-state index is 0.0155. The Bertz CT molecular complexity index is 523. The third-order valence-electron chi connectivity index (χ3n) is 5.44. The molecular formula is C18H31N5O. The van der Waals surface area contributed by atoms with E-state index in [0.717, 1.165) is 51.1 Å². The van der Waals surface area contributed by atoms with Gasteiger partial charge in [0.2, 0.25) is 0 Å². The maximum atomic E-state index is 11.9. The standard InChI is InChI=1S/C18H31N5O/c1-14-17(21-13-20-14)12-23-10-4-5-15(11-23)8-9-19-18(24)22-16-6-2-3-7-16/h13,15-16H,2-12H2,1H3,(H,20,21)(H2,19,22,24)/t15-/m0/s1. The zero-order valence-electron chi connectivity index (χ0n) is 14.8. The van der Waals surface area contributed by atoms with Gasteiger partial charge in [0.15, 0.2) is 0 Å². The second kappa shape index (κ2) is 8.51. The molecule has 0 bridgehead atoms. The van der Waals surface area contributed by atoms with Crippen LogP contribution in [0.15, 0.2) is 6.33 Å². The lowest BCUT2D eigenvalue weighted by Gasteiger charge is -2.32. The normalized spacial score (nSPS) is 22.6. The molecule has 2 amide bonds. The first kappa shape index (κ1) is 17.3. The van der Waals surface area contributed by atoms with Crippen LogP contribution in [0.25, 0.3) is 0 Å². The molecule has 1 aromatic rings. The largest absolute Gasteiger partial charge is 0.348 e. The molecule has 1 saturated carbocycles. The maximum Gasteiger partial charge on any atom is 0.315 e. The number of hydrogen-bond donors (Lipinski definition) is 3. The van der Waals surface area contributed by atoms with Crippen LogP contribution in [0.1, 0.15) is 56.3 Å². The third kappa shape index (κ3) is 4.97. The number of nitrogens with one attached hydrogen (secondary N) is 3. The van der Waals surface area contributed by atoms with Gasteiger partial charge in [-0.3, -0.25) is 4.90 Å². The second-order valence-electron chi connectivity index (χ2n) is 7.39. The molecule has 0 radical (unpaired) electrons. The molecule has 0 spiro atoms. The zero-order valence-corrected chi connectivity index (χ0v) is 14.8. The van der Waals surface area contributed by atoms with Crippen molar-refractivity contribution in [1.82, 2.24) is 25.5 Å². The van der Waals surface area contributed by atoms with Gasteiger partial charge in [0.25, 0.3) is 0 Å². The molecule has 2 heterocycles. The van der Waals surface area contributed by atoms with Crippen molar-refractivity contribution in [3.05, 3.63) is 17.7 Å². The Morgan fingerprint density at radius 1 is 1.33 bits per heavy atom. The Balaban J connectivity index is 1.34. The average molecular weight is 333 g/mol. The number of amides is 2. The van der Waals surface area contributed by atoms with Gasteiger partial charge in [0, 0.05) is 31.4 Å². The lowest BCUT2D eigenvalue weighted by molar-refractivity contribution is 0.159. The number of nitrogens with zero attached hydrogens (tertiary/aromatic N) is 2. The van der Waals surface area contributed by atoms with Crippen LogP contribution >= 0.6 is 0 Å². The molecule has 2 fully saturated rings. The smallest absolute Gasteiger partial charge is 0.315 e. The van der Waals surface area contributed by atoms with E-state index in [1.165, 1.54) is 31.4 Å². The molecule has 1 atom stereocenters. The summed E-state index contributed by atoms with van der Waals surface area (Å²) in [4.78, 5) is 22.0. The molecule has 134 valence electrons. The summed E-state index contributed by atoms with van der Waals surface area (Å²) < 4.78 is 0. The van der Waals surface area contributed by atoms with Gasteiger partial charge >= 0.3 is 6.03 Å². The average Bonchev–Trinajstić information content (AvgIpc) is 3.20. The van der Waals surface area contributed by atoms with Crippen LogP contribution in [0.5, 0.6) is 0 Å². The van der Waals surface area contributed by atoms with Crippen LogP contribution in [0.2, 0.25) is 0 Å². The van der Waals surface area contributed by atoms with Crippen molar-refractivity contribution < 1.29 is 4.79 Å². The van der Waals surface area contributed by atoms with Crippen molar-refractivity contribution in [2.75, 3.05) is 19.6 Å². The molecular weight excluding hydrogens is 302 g/mol. The van der Waals surface area contributed by atoms with E-state index >= 15 is 0 Å². The van der Waals surface area contributed by atoms with Crippen molar-refractivity contribution in [1.29, 1.82) is 0 Å². The molecule has 0 aromatic carbocycles. The summed E-state index contributed by atoms with van der Waals surface area (Å²) in [5.74, 6) is 0.671. The summed E-state index contributed by atoms with van der Waals surface area (Å²) in [7, 11) is 0. The number of hydrogen-bond acceptors (Lipinski definition) is 3. The first-order valence-electron chi connectivity index (χ1n) is 9.46. The Hall–Kier alpha value is -1.56. The fourth-order valence-corrected chi connectivity index (χ4v) is 3.99. The number of likely N-dealkylation sites (tertiary alicyclic amines) is 1. The van der Waals surface area contributed by atoms with Crippen LogP contribution in [0.4, 0.5) is 4.79 Å². The molecule has 3 N–H and O–H groups in total. The lowest BCUT2D eigenvalue weighted by Crippen LogP contribution is -2.42. The van der Waals surface area contributed by atoms with E-state index in [1.807, 2.05) is 0 Å². The van der Waals surface area contributed by atoms with E-state index in [9.17, 15) is 4.79 Å². The number of aryl methyl sites for hydroxylation is 1. The number of carbonyl (C=O) groups is 1. The van der Waals surface area contributed by atoms with Crippen molar-refractivity contribution >= 4 is 6.03 Å². The fraction of sp³-hybridized carbons (Fsp3) is 0.778. The molecule has 2 aliphatic rings. The molecule has 3 rings (SSSR count). The van der Waals surface area contributed by atoms with Crippen molar-refractivity contribution in [3.63, 3.8) is 0 Å². The minimum absolute atomic E-state index is 0.0155. The van der Waals surface area contributed by atoms with Crippen molar-refractivity contribution in [2.45, 2.75) is 64.5 Å². The number of H-pyrrole nitrogens is 1. The Morgan fingerprint density at radius 2 is 2.17 bits per heavy atom. The molecule has 6 heteroatoms. The molecule has 24 heavy (non-hydrogen) atoms. The van der Waals surface area contributed by atoms with Crippen LogP contribution in [-0.4, -0.2) is 46.6 Å². The molecule has 1 aliphatic carbocycles. The Morgan fingerprint density at radius 3 is 2.92 bits per heavy atom. The third-order valence-corrected chi connectivity index (χ3v) is 5.44. The van der Waals surface area contributed by atoms with E-state index in [2.05, 4.69) is 32.4 Å². The van der Waals surface area contributed by atoms with E-state index in [0.29, 0.717) is 12.0 Å². The van der Waals surface area contributed by atoms with Gasteiger partial charge in [-0.1, -0.05) is 12.8 Å². The Kier molecular flexibility index (Phi) is 6.12. The van der Waals surface area contributed by atoms with E-state index in [-0.39, 0.29) is 6.03 Å². The zero-order chi connectivity index (χ0) is 16.8. The highest BCUT2D eigenvalue weighted by Gasteiger charge is 2.21. The summed E-state index contributed by atoms with van der Waals surface area (Å²) in [5, 5.41) is 6.13. The highest BCUT2D eigenvalue weighted by Crippen LogP contribution is 2.21. The predicted molar refractivity (Wildman–Crippen MR) is 94.7 cm³/mol. The highest BCUT2D eigenvalue weighted by molar-refractivity contribution is 5.74. The first-order valence-corrected chi connectivity index (χ1v) is 9.46. The number of carbonyl (C=O) groups excluding carboxylic acids is 1. The van der Waals surface area contributed by atoms with Crippen LogP contribution in [0.3, 0.4) is 0 Å². The number of aromatic nitrogens is 2. The second-order valence-corrected chi connectivity index (χ2v) is 7.39. The summed E-state index contributed by atoms with van der Waals surface area (Å²) in [6.07, 6.45) is 10.1. The first-order chi connectivity index (χ1) is 11.7. The quantitative estimate of drug-likeness (QED) is 0.749. The number of urea groups is 1. The van der Waals surface area contributed by atoms with Gasteiger partial charge in [-0.2, -0.15) is 0 Å². The fourth-order valence-electron chi connectivity index (χ4n) is 3.99. The summed E-state index contributed by atoms with van der Waals surface area (Å²) in [6.45, 7) is 6.05. The Labute approximate surface area is 144 Å². The van der Waals surface area contributed by atoms with E-state index in [1.54, 1.807) is 6.33 Å². The van der Waals surface area contributed by atoms with E-state index in [4.69, 9.17) is 0 Å². The minimum Gasteiger partial charge on any atom is -0.348 e. The molecule has 1 aromatic heterocycles. The van der Waals surface area contributed by atoms with Crippen LogP contribution in [0, 0.1) is 12.8 Å².